The van der Waals surface area contributed by atoms with Crippen LogP contribution in [0.25, 0.3) is 0 Å². The maximum absolute atomic E-state index is 12.9. The third-order valence-corrected chi connectivity index (χ3v) is 5.24. The van der Waals surface area contributed by atoms with Crippen LogP contribution in [0.15, 0.2) is 43.0 Å². The van der Waals surface area contributed by atoms with E-state index in [4.69, 9.17) is 0 Å². The molecule has 4 rings (SSSR count). The molecule has 2 heterocycles. The largest absolute Gasteiger partial charge is 0.331 e. The van der Waals surface area contributed by atoms with Crippen molar-refractivity contribution in [1.82, 2.24) is 35.2 Å². The average molecular weight is 379 g/mol. The fraction of sp³-hybridized carbons (Fsp3) is 0.400. The van der Waals surface area contributed by atoms with Gasteiger partial charge >= 0.3 is 6.03 Å². The first-order valence-electron chi connectivity index (χ1n) is 9.64. The summed E-state index contributed by atoms with van der Waals surface area (Å²) in [6, 6.07) is 9.80. The van der Waals surface area contributed by atoms with Crippen molar-refractivity contribution in [2.45, 2.75) is 44.8 Å². The number of aromatic nitrogens is 5. The van der Waals surface area contributed by atoms with E-state index in [-0.39, 0.29) is 12.1 Å². The van der Waals surface area contributed by atoms with E-state index in [0.29, 0.717) is 13.1 Å². The van der Waals surface area contributed by atoms with Crippen molar-refractivity contribution in [2.24, 2.45) is 0 Å². The molecule has 2 amide bonds. The van der Waals surface area contributed by atoms with Gasteiger partial charge in [0.2, 0.25) is 0 Å². The molecule has 0 saturated heterocycles. The number of aromatic amines is 1. The van der Waals surface area contributed by atoms with Gasteiger partial charge in [0.1, 0.15) is 12.7 Å². The zero-order valence-electron chi connectivity index (χ0n) is 16.0. The van der Waals surface area contributed by atoms with E-state index in [2.05, 4.69) is 25.6 Å². The van der Waals surface area contributed by atoms with Gasteiger partial charge in [0.15, 0.2) is 0 Å². The summed E-state index contributed by atoms with van der Waals surface area (Å²) in [6.45, 7) is 1.18. The van der Waals surface area contributed by atoms with E-state index < -0.39 is 0 Å². The van der Waals surface area contributed by atoms with E-state index in [1.807, 2.05) is 37.4 Å². The van der Waals surface area contributed by atoms with Crippen LogP contribution in [0, 0.1) is 0 Å². The van der Waals surface area contributed by atoms with E-state index >= 15 is 0 Å². The van der Waals surface area contributed by atoms with E-state index in [9.17, 15) is 4.79 Å². The standard InChI is InChI=1S/C20H25N7O/c1-26(12-19-16-8-5-9-18(16)24-25-19)20(28)23-17(15-6-3-2-4-7-15)10-11-27-14-21-13-22-27/h2-4,6-7,13-14,17H,5,8-12H2,1H3,(H,23,28)(H,24,25)/t17-/m1/s1. The summed E-state index contributed by atoms with van der Waals surface area (Å²) in [5.41, 5.74) is 4.55. The number of urea groups is 1. The van der Waals surface area contributed by atoms with Gasteiger partial charge in [-0.2, -0.15) is 10.2 Å². The molecule has 8 heteroatoms. The number of rotatable bonds is 7. The first-order chi connectivity index (χ1) is 13.7. The summed E-state index contributed by atoms with van der Waals surface area (Å²) in [6.07, 6.45) is 7.19. The Balaban J connectivity index is 1.42. The van der Waals surface area contributed by atoms with Gasteiger partial charge in [-0.05, 0) is 36.8 Å². The maximum atomic E-state index is 12.9. The van der Waals surface area contributed by atoms with Gasteiger partial charge in [0, 0.05) is 19.3 Å². The molecule has 28 heavy (non-hydrogen) atoms. The van der Waals surface area contributed by atoms with Gasteiger partial charge in [0.05, 0.1) is 18.3 Å². The average Bonchev–Trinajstić information content (AvgIpc) is 3.45. The highest BCUT2D eigenvalue weighted by Gasteiger charge is 2.22. The summed E-state index contributed by atoms with van der Waals surface area (Å²) >= 11 is 0. The Morgan fingerprint density at radius 2 is 2.18 bits per heavy atom. The lowest BCUT2D eigenvalue weighted by atomic mass is 10.0. The molecule has 8 nitrogen and oxygen atoms in total. The molecule has 0 spiro atoms. The molecule has 1 aliphatic rings. The highest BCUT2D eigenvalue weighted by atomic mass is 16.2. The molecule has 1 aromatic carbocycles. The van der Waals surface area contributed by atoms with E-state index in [0.717, 1.165) is 36.9 Å². The Hall–Kier alpha value is -3.16. The smallest absolute Gasteiger partial charge is 0.317 e. The molecule has 0 unspecified atom stereocenters. The maximum Gasteiger partial charge on any atom is 0.317 e. The molecule has 1 aliphatic carbocycles. The summed E-state index contributed by atoms with van der Waals surface area (Å²) in [5.74, 6) is 0. The zero-order valence-corrected chi connectivity index (χ0v) is 16.0. The fourth-order valence-electron chi connectivity index (χ4n) is 3.69. The second-order valence-electron chi connectivity index (χ2n) is 7.20. The van der Waals surface area contributed by atoms with Crippen LogP contribution in [-0.4, -0.2) is 42.9 Å². The summed E-state index contributed by atoms with van der Waals surface area (Å²) < 4.78 is 1.78. The molecule has 0 aliphatic heterocycles. The van der Waals surface area contributed by atoms with Crippen molar-refractivity contribution in [3.63, 3.8) is 0 Å². The molecule has 0 fully saturated rings. The number of benzene rings is 1. The van der Waals surface area contributed by atoms with Crippen molar-refractivity contribution in [2.75, 3.05) is 7.05 Å². The van der Waals surface area contributed by atoms with Gasteiger partial charge in [-0.15, -0.1) is 0 Å². The van der Waals surface area contributed by atoms with Gasteiger partial charge in [-0.25, -0.2) is 9.78 Å². The highest BCUT2D eigenvalue weighted by Crippen LogP contribution is 2.24. The molecular weight excluding hydrogens is 354 g/mol. The number of amides is 2. The third kappa shape index (κ3) is 4.05. The Morgan fingerprint density at radius 3 is 2.96 bits per heavy atom. The van der Waals surface area contributed by atoms with Crippen molar-refractivity contribution < 1.29 is 4.79 Å². The third-order valence-electron chi connectivity index (χ3n) is 5.24. The first-order valence-corrected chi connectivity index (χ1v) is 9.64. The van der Waals surface area contributed by atoms with Gasteiger partial charge in [0.25, 0.3) is 0 Å². The summed E-state index contributed by atoms with van der Waals surface area (Å²) in [7, 11) is 1.81. The second-order valence-corrected chi connectivity index (χ2v) is 7.20. The monoisotopic (exact) mass is 379 g/mol. The molecule has 2 N–H and O–H groups in total. The van der Waals surface area contributed by atoms with Gasteiger partial charge in [-0.3, -0.25) is 9.78 Å². The number of carbonyl (C=O) groups is 1. The number of nitrogens with zero attached hydrogens (tertiary/aromatic N) is 5. The van der Waals surface area contributed by atoms with Crippen LogP contribution >= 0.6 is 0 Å². The Kier molecular flexibility index (Phi) is 5.36. The SMILES string of the molecule is CN(Cc1n[nH]c2c1CCC2)C(=O)N[C@H](CCn1cncn1)c1ccccc1. The number of hydrogen-bond acceptors (Lipinski definition) is 4. The zero-order chi connectivity index (χ0) is 19.3. The Morgan fingerprint density at radius 1 is 1.32 bits per heavy atom. The minimum Gasteiger partial charge on any atom is -0.331 e. The lowest BCUT2D eigenvalue weighted by Gasteiger charge is -2.24. The molecular formula is C20H25N7O. The molecule has 1 atom stereocenters. The van der Waals surface area contributed by atoms with Gasteiger partial charge < -0.3 is 10.2 Å². The lowest BCUT2D eigenvalue weighted by Crippen LogP contribution is -2.39. The minimum atomic E-state index is -0.109. The number of aryl methyl sites for hydroxylation is 2. The normalized spacial score (nSPS) is 13.9. The van der Waals surface area contributed by atoms with Crippen molar-refractivity contribution >= 4 is 6.03 Å². The van der Waals surface area contributed by atoms with E-state index in [1.165, 1.54) is 17.6 Å². The van der Waals surface area contributed by atoms with Crippen molar-refractivity contribution in [1.29, 1.82) is 0 Å². The summed E-state index contributed by atoms with van der Waals surface area (Å²) in [4.78, 5) is 18.5. The second kappa shape index (κ2) is 8.24. The van der Waals surface area contributed by atoms with Crippen molar-refractivity contribution in [3.8, 4) is 0 Å². The highest BCUT2D eigenvalue weighted by molar-refractivity contribution is 5.74. The number of hydrogen-bond donors (Lipinski definition) is 2. The number of fused-ring (bicyclic) bond motifs is 1. The van der Waals surface area contributed by atoms with Gasteiger partial charge in [-0.1, -0.05) is 30.3 Å². The van der Waals surface area contributed by atoms with Crippen LogP contribution in [0.5, 0.6) is 0 Å². The fourth-order valence-corrected chi connectivity index (χ4v) is 3.69. The molecule has 0 radical (unpaired) electrons. The number of nitrogens with one attached hydrogen (secondary N) is 2. The van der Waals surface area contributed by atoms with Crippen LogP contribution in [-0.2, 0) is 25.9 Å². The number of H-pyrrole nitrogens is 1. The predicted molar refractivity (Wildman–Crippen MR) is 104 cm³/mol. The van der Waals surface area contributed by atoms with Crippen LogP contribution in [0.1, 0.15) is 41.4 Å². The predicted octanol–water partition coefficient (Wildman–Crippen LogP) is 2.46. The molecule has 2 aromatic heterocycles. The van der Waals surface area contributed by atoms with Crippen LogP contribution in [0.4, 0.5) is 4.79 Å². The minimum absolute atomic E-state index is 0.106. The lowest BCUT2D eigenvalue weighted by molar-refractivity contribution is 0.200. The van der Waals surface area contributed by atoms with Crippen LogP contribution in [0.3, 0.4) is 0 Å². The number of carbonyl (C=O) groups excluding carboxylic acids is 1. The summed E-state index contributed by atoms with van der Waals surface area (Å²) in [5, 5.41) is 14.8. The quantitative estimate of drug-likeness (QED) is 0.660. The molecule has 3 aromatic rings. The Labute approximate surface area is 164 Å². The van der Waals surface area contributed by atoms with Crippen LogP contribution < -0.4 is 5.32 Å². The topological polar surface area (TPSA) is 91.7 Å². The molecule has 0 saturated carbocycles. The Bertz CT molecular complexity index is 904. The first kappa shape index (κ1) is 18.2. The molecule has 146 valence electrons. The van der Waals surface area contributed by atoms with Crippen molar-refractivity contribution in [3.05, 3.63) is 65.5 Å². The van der Waals surface area contributed by atoms with Crippen LogP contribution in [0.2, 0.25) is 0 Å². The molecule has 0 bridgehead atoms. The van der Waals surface area contributed by atoms with E-state index in [1.54, 1.807) is 15.9 Å².